The maximum Gasteiger partial charge on any atom is 0.295 e. The second kappa shape index (κ2) is 7.85. The third-order valence-electron chi connectivity index (χ3n) is 5.77. The van der Waals surface area contributed by atoms with Crippen molar-refractivity contribution < 1.29 is 23.5 Å². The van der Waals surface area contributed by atoms with E-state index in [1.165, 1.54) is 35.4 Å². The first-order chi connectivity index (χ1) is 15.5. The Morgan fingerprint density at radius 2 is 1.84 bits per heavy atom. The van der Waals surface area contributed by atoms with Crippen LogP contribution < -0.4 is 0 Å². The number of fused-ring (bicyclic) bond motifs is 1. The minimum Gasteiger partial charge on any atom is -0.507 e. The number of aliphatic hydroxyl groups excluding tert-OH is 1. The zero-order chi connectivity index (χ0) is 22.2. The first-order valence-corrected chi connectivity index (χ1v) is 10.2. The minimum atomic E-state index is -0.875. The van der Waals surface area contributed by atoms with Crippen molar-refractivity contribution in [3.8, 4) is 0 Å². The highest BCUT2D eigenvalue weighted by atomic mass is 19.1. The van der Waals surface area contributed by atoms with Gasteiger partial charge in [-0.05, 0) is 54.4 Å². The number of Topliss-reactive ketones (excluding diaryl/α,β-unsaturated/α-hetero) is 1. The maximum absolute atomic E-state index is 13.3. The number of nitrogens with one attached hydrogen (secondary N) is 1. The van der Waals surface area contributed by atoms with Gasteiger partial charge in [0.15, 0.2) is 0 Å². The van der Waals surface area contributed by atoms with Crippen LogP contribution in [0.5, 0.6) is 0 Å². The van der Waals surface area contributed by atoms with Crippen LogP contribution in [0, 0.1) is 5.82 Å². The standard InChI is InChI=1S/C25H19FN2O4/c26-17-9-7-15(8-10-17)23(29)21-22(20-6-3-13-32-20)28(25(31)24(21)30)12-11-16-14-27-19-5-2-1-4-18(16)19/h1-10,13-14,22,27,29H,11-12H2/t22-/m1/s1. The van der Waals surface area contributed by atoms with E-state index in [4.69, 9.17) is 4.42 Å². The molecule has 0 radical (unpaired) electrons. The number of aliphatic hydroxyl groups is 1. The fourth-order valence-electron chi connectivity index (χ4n) is 4.20. The lowest BCUT2D eigenvalue weighted by Gasteiger charge is -2.23. The lowest BCUT2D eigenvalue weighted by molar-refractivity contribution is -0.140. The van der Waals surface area contributed by atoms with E-state index in [0.29, 0.717) is 12.2 Å². The molecule has 6 nitrogen and oxygen atoms in total. The van der Waals surface area contributed by atoms with Gasteiger partial charge >= 0.3 is 0 Å². The SMILES string of the molecule is O=C1C(=O)N(CCc2c[nH]c3ccccc23)[C@H](c2ccco2)C1=C(O)c1ccc(F)cc1. The van der Waals surface area contributed by atoms with Gasteiger partial charge in [-0.15, -0.1) is 0 Å². The third-order valence-corrected chi connectivity index (χ3v) is 5.77. The molecule has 0 bridgehead atoms. The maximum atomic E-state index is 13.3. The molecule has 160 valence electrons. The summed E-state index contributed by atoms with van der Waals surface area (Å²) in [5.41, 5.74) is 2.18. The summed E-state index contributed by atoms with van der Waals surface area (Å²) in [6.07, 6.45) is 3.85. The first kappa shape index (κ1) is 19.8. The normalized spacial score (nSPS) is 18.0. The molecule has 1 fully saturated rings. The van der Waals surface area contributed by atoms with Crippen LogP contribution in [0.3, 0.4) is 0 Å². The van der Waals surface area contributed by atoms with E-state index in [1.807, 2.05) is 30.5 Å². The largest absolute Gasteiger partial charge is 0.507 e. The van der Waals surface area contributed by atoms with Gasteiger partial charge in [0.25, 0.3) is 11.7 Å². The van der Waals surface area contributed by atoms with Gasteiger partial charge in [0, 0.05) is 29.2 Å². The summed E-state index contributed by atoms with van der Waals surface area (Å²) in [4.78, 5) is 30.5. The molecule has 5 rings (SSSR count). The highest BCUT2D eigenvalue weighted by molar-refractivity contribution is 6.46. The minimum absolute atomic E-state index is 0.0736. The summed E-state index contributed by atoms with van der Waals surface area (Å²) >= 11 is 0. The number of amides is 1. The number of aromatic nitrogens is 1. The van der Waals surface area contributed by atoms with Gasteiger partial charge in [0.05, 0.1) is 11.8 Å². The molecule has 32 heavy (non-hydrogen) atoms. The van der Waals surface area contributed by atoms with Gasteiger partial charge in [-0.1, -0.05) is 18.2 Å². The zero-order valence-electron chi connectivity index (χ0n) is 16.9. The lowest BCUT2D eigenvalue weighted by atomic mass is 9.99. The van der Waals surface area contributed by atoms with Crippen LogP contribution in [0.2, 0.25) is 0 Å². The van der Waals surface area contributed by atoms with Gasteiger partial charge in [-0.25, -0.2) is 4.39 Å². The van der Waals surface area contributed by atoms with Crippen molar-refractivity contribution >= 4 is 28.4 Å². The van der Waals surface area contributed by atoms with Crippen molar-refractivity contribution in [3.05, 3.63) is 101 Å². The number of likely N-dealkylation sites (tertiary alicyclic amines) is 1. The van der Waals surface area contributed by atoms with Gasteiger partial charge in [-0.2, -0.15) is 0 Å². The third kappa shape index (κ3) is 3.28. The molecule has 7 heteroatoms. The highest BCUT2D eigenvalue weighted by Crippen LogP contribution is 2.39. The Bertz CT molecular complexity index is 1340. The number of halogens is 1. The van der Waals surface area contributed by atoms with Crippen molar-refractivity contribution in [2.45, 2.75) is 12.5 Å². The predicted molar refractivity (Wildman–Crippen MR) is 116 cm³/mol. The number of H-pyrrole nitrogens is 1. The summed E-state index contributed by atoms with van der Waals surface area (Å²) < 4.78 is 18.9. The van der Waals surface area contributed by atoms with Gasteiger partial charge in [-0.3, -0.25) is 9.59 Å². The lowest BCUT2D eigenvalue weighted by Crippen LogP contribution is -2.31. The summed E-state index contributed by atoms with van der Waals surface area (Å²) in [5.74, 6) is -1.98. The van der Waals surface area contributed by atoms with E-state index >= 15 is 0 Å². The van der Waals surface area contributed by atoms with Gasteiger partial charge in [0.1, 0.15) is 23.4 Å². The number of furan rings is 1. The van der Waals surface area contributed by atoms with Crippen molar-refractivity contribution in [1.82, 2.24) is 9.88 Å². The monoisotopic (exact) mass is 430 g/mol. The van der Waals surface area contributed by atoms with Crippen LogP contribution >= 0.6 is 0 Å². The number of aromatic amines is 1. The number of hydrogen-bond donors (Lipinski definition) is 2. The Morgan fingerprint density at radius 1 is 1.06 bits per heavy atom. The molecular formula is C25H19FN2O4. The number of benzene rings is 2. The number of carbonyl (C=O) groups excluding carboxylic acids is 2. The fourth-order valence-corrected chi connectivity index (χ4v) is 4.20. The van der Waals surface area contributed by atoms with E-state index in [-0.39, 0.29) is 23.4 Å². The molecule has 1 saturated heterocycles. The van der Waals surface area contributed by atoms with Crippen LogP contribution in [-0.2, 0) is 16.0 Å². The van der Waals surface area contributed by atoms with E-state index < -0.39 is 23.5 Å². The second-order valence-corrected chi connectivity index (χ2v) is 7.62. The molecule has 1 aliphatic rings. The number of nitrogens with zero attached hydrogens (tertiary/aromatic N) is 1. The summed E-state index contributed by atoms with van der Waals surface area (Å²) in [6.45, 7) is 0.248. The smallest absolute Gasteiger partial charge is 0.295 e. The van der Waals surface area contributed by atoms with Crippen LogP contribution in [0.1, 0.15) is 22.9 Å². The van der Waals surface area contributed by atoms with E-state index in [0.717, 1.165) is 16.5 Å². The first-order valence-electron chi connectivity index (χ1n) is 10.2. The molecule has 3 heterocycles. The second-order valence-electron chi connectivity index (χ2n) is 7.62. The predicted octanol–water partition coefficient (Wildman–Crippen LogP) is 4.56. The topological polar surface area (TPSA) is 86.5 Å². The van der Waals surface area contributed by atoms with E-state index in [2.05, 4.69) is 4.98 Å². The van der Waals surface area contributed by atoms with E-state index in [9.17, 15) is 19.1 Å². The average molecular weight is 430 g/mol. The Hall–Kier alpha value is -4.13. The molecule has 0 unspecified atom stereocenters. The molecule has 1 aliphatic heterocycles. The molecule has 4 aromatic rings. The number of para-hydroxylation sites is 1. The van der Waals surface area contributed by atoms with Gasteiger partial charge < -0.3 is 19.4 Å². The molecule has 1 atom stereocenters. The van der Waals surface area contributed by atoms with Crippen LogP contribution in [0.15, 0.2) is 83.1 Å². The molecule has 2 aromatic heterocycles. The zero-order valence-corrected chi connectivity index (χ0v) is 16.9. The molecule has 2 aromatic carbocycles. The quantitative estimate of drug-likeness (QED) is 0.276. The van der Waals surface area contributed by atoms with Crippen molar-refractivity contribution in [3.63, 3.8) is 0 Å². The van der Waals surface area contributed by atoms with E-state index in [1.54, 1.807) is 12.1 Å². The number of carbonyl (C=O) groups is 2. The van der Waals surface area contributed by atoms with Gasteiger partial charge in [0.2, 0.25) is 0 Å². The summed E-state index contributed by atoms with van der Waals surface area (Å²) in [7, 11) is 0. The fraction of sp³-hybridized carbons (Fsp3) is 0.120. The van der Waals surface area contributed by atoms with Crippen molar-refractivity contribution in [2.24, 2.45) is 0 Å². The Morgan fingerprint density at radius 3 is 2.59 bits per heavy atom. The Balaban J connectivity index is 1.53. The number of rotatable bonds is 5. The Labute approximate surface area is 182 Å². The van der Waals surface area contributed by atoms with Crippen LogP contribution in [0.4, 0.5) is 4.39 Å². The molecule has 2 N–H and O–H groups in total. The Kier molecular flexibility index (Phi) is 4.86. The number of hydrogen-bond acceptors (Lipinski definition) is 4. The molecule has 0 spiro atoms. The average Bonchev–Trinajstić information content (AvgIpc) is 3.52. The molecule has 0 saturated carbocycles. The summed E-state index contributed by atoms with van der Waals surface area (Å²) in [5, 5.41) is 11.9. The highest BCUT2D eigenvalue weighted by Gasteiger charge is 2.47. The summed E-state index contributed by atoms with van der Waals surface area (Å²) in [6, 6.07) is 15.4. The van der Waals surface area contributed by atoms with Crippen LogP contribution in [0.25, 0.3) is 16.7 Å². The molecular weight excluding hydrogens is 411 g/mol. The molecule has 1 amide bonds. The molecule has 0 aliphatic carbocycles. The van der Waals surface area contributed by atoms with Crippen LogP contribution in [-0.4, -0.2) is 33.2 Å². The van der Waals surface area contributed by atoms with Crippen molar-refractivity contribution in [1.29, 1.82) is 0 Å². The number of ketones is 1. The van der Waals surface area contributed by atoms with Crippen molar-refractivity contribution in [2.75, 3.05) is 6.54 Å².